The van der Waals surface area contributed by atoms with Crippen LogP contribution in [-0.2, 0) is 16.1 Å². The molecule has 0 saturated heterocycles. The summed E-state index contributed by atoms with van der Waals surface area (Å²) in [5.41, 5.74) is 5.87. The van der Waals surface area contributed by atoms with Gasteiger partial charge in [-0.25, -0.2) is 0 Å². The molecule has 0 fully saturated rings. The number of pyridine rings is 1. The summed E-state index contributed by atoms with van der Waals surface area (Å²) in [5.74, 6) is -0.449. The first-order valence-corrected chi connectivity index (χ1v) is 5.65. The fourth-order valence-corrected chi connectivity index (χ4v) is 1.28. The predicted octanol–water partition coefficient (Wildman–Crippen LogP) is 0.436. The van der Waals surface area contributed by atoms with Crippen molar-refractivity contribution in [3.63, 3.8) is 0 Å². The van der Waals surface area contributed by atoms with Gasteiger partial charge in [-0.2, -0.15) is 0 Å². The smallest absolute Gasteiger partial charge is 0.243 e. The minimum absolute atomic E-state index is 0.0295. The lowest BCUT2D eigenvalue weighted by atomic mass is 10.3. The molecule has 0 unspecified atom stereocenters. The largest absolute Gasteiger partial charge is 0.370 e. The van der Waals surface area contributed by atoms with E-state index in [1.165, 1.54) is 0 Å². The molecule has 5 nitrogen and oxygen atoms in total. The van der Waals surface area contributed by atoms with Crippen LogP contribution in [0.2, 0.25) is 0 Å². The Labute approximate surface area is 103 Å². The summed E-state index contributed by atoms with van der Waals surface area (Å²) in [6, 6.07) is 3.87. The minimum Gasteiger partial charge on any atom is -0.370 e. The molecule has 0 bridgehead atoms. The summed E-state index contributed by atoms with van der Waals surface area (Å²) in [6.45, 7) is 1.76. The van der Waals surface area contributed by atoms with Crippen LogP contribution < -0.4 is 11.1 Å². The van der Waals surface area contributed by atoms with Crippen LogP contribution in [0.15, 0.2) is 22.8 Å². The highest BCUT2D eigenvalue weighted by atomic mass is 79.9. The lowest BCUT2D eigenvalue weighted by Gasteiger charge is -2.04. The number of nitrogens with zero attached hydrogens (tertiary/aromatic N) is 1. The first-order chi connectivity index (χ1) is 7.68. The second-order valence-electron chi connectivity index (χ2n) is 3.16. The molecule has 0 radical (unpaired) electrons. The SMILES string of the molecule is NC(=O)COCCNCc1ccc(Br)cn1. The van der Waals surface area contributed by atoms with E-state index < -0.39 is 5.91 Å². The molecule has 88 valence electrons. The van der Waals surface area contributed by atoms with Crippen LogP contribution in [0, 0.1) is 0 Å². The highest BCUT2D eigenvalue weighted by Crippen LogP contribution is 2.06. The lowest BCUT2D eigenvalue weighted by molar-refractivity contribution is -0.122. The summed E-state index contributed by atoms with van der Waals surface area (Å²) in [4.78, 5) is 14.5. The van der Waals surface area contributed by atoms with Crippen LogP contribution in [0.4, 0.5) is 0 Å². The Balaban J connectivity index is 2.07. The number of carbonyl (C=O) groups is 1. The molecule has 0 aliphatic rings. The molecule has 0 aliphatic heterocycles. The van der Waals surface area contributed by atoms with Crippen LogP contribution >= 0.6 is 15.9 Å². The number of hydrogen-bond acceptors (Lipinski definition) is 4. The number of aromatic nitrogens is 1. The highest BCUT2D eigenvalue weighted by molar-refractivity contribution is 9.10. The van der Waals surface area contributed by atoms with Gasteiger partial charge in [0.05, 0.1) is 12.3 Å². The molecule has 0 spiro atoms. The molecule has 1 aromatic heterocycles. The van der Waals surface area contributed by atoms with Crippen LogP contribution in [0.1, 0.15) is 5.69 Å². The quantitative estimate of drug-likeness (QED) is 0.714. The second kappa shape index (κ2) is 7.32. The average Bonchev–Trinajstić information content (AvgIpc) is 2.25. The van der Waals surface area contributed by atoms with Gasteiger partial charge in [0.1, 0.15) is 6.61 Å². The van der Waals surface area contributed by atoms with E-state index in [0.29, 0.717) is 19.7 Å². The fourth-order valence-electron chi connectivity index (χ4n) is 1.04. The van der Waals surface area contributed by atoms with E-state index >= 15 is 0 Å². The van der Waals surface area contributed by atoms with Gasteiger partial charge in [0.15, 0.2) is 0 Å². The normalized spacial score (nSPS) is 10.3. The van der Waals surface area contributed by atoms with Crippen LogP contribution in [0.3, 0.4) is 0 Å². The van der Waals surface area contributed by atoms with Crippen molar-refractivity contribution in [3.05, 3.63) is 28.5 Å². The van der Waals surface area contributed by atoms with E-state index in [4.69, 9.17) is 10.5 Å². The summed E-state index contributed by atoms with van der Waals surface area (Å²) >= 11 is 3.31. The lowest BCUT2D eigenvalue weighted by Crippen LogP contribution is -2.24. The number of amides is 1. The molecule has 1 aromatic rings. The topological polar surface area (TPSA) is 77.2 Å². The number of nitrogens with one attached hydrogen (secondary N) is 1. The number of nitrogens with two attached hydrogens (primary N) is 1. The van der Waals surface area contributed by atoms with Crippen molar-refractivity contribution in [1.82, 2.24) is 10.3 Å². The fraction of sp³-hybridized carbons (Fsp3) is 0.400. The van der Waals surface area contributed by atoms with E-state index in [2.05, 4.69) is 26.2 Å². The maximum absolute atomic E-state index is 10.3. The monoisotopic (exact) mass is 287 g/mol. The third-order valence-corrected chi connectivity index (χ3v) is 2.23. The van der Waals surface area contributed by atoms with Crippen molar-refractivity contribution >= 4 is 21.8 Å². The van der Waals surface area contributed by atoms with Gasteiger partial charge in [-0.3, -0.25) is 9.78 Å². The van der Waals surface area contributed by atoms with E-state index in [-0.39, 0.29) is 6.61 Å². The van der Waals surface area contributed by atoms with Gasteiger partial charge in [-0.05, 0) is 28.1 Å². The third kappa shape index (κ3) is 5.79. The summed E-state index contributed by atoms with van der Waals surface area (Å²) in [6.07, 6.45) is 1.75. The Morgan fingerprint density at radius 3 is 3.00 bits per heavy atom. The summed E-state index contributed by atoms with van der Waals surface area (Å²) in [5, 5.41) is 3.14. The number of carbonyl (C=O) groups excluding carboxylic acids is 1. The molecule has 16 heavy (non-hydrogen) atoms. The first-order valence-electron chi connectivity index (χ1n) is 4.85. The van der Waals surface area contributed by atoms with Gasteiger partial charge in [0.25, 0.3) is 0 Å². The molecule has 0 aliphatic carbocycles. The molecule has 0 atom stereocenters. The Bertz CT molecular complexity index is 329. The van der Waals surface area contributed by atoms with Gasteiger partial charge in [-0.15, -0.1) is 0 Å². The van der Waals surface area contributed by atoms with Crippen molar-refractivity contribution in [2.24, 2.45) is 5.73 Å². The van der Waals surface area contributed by atoms with E-state index in [0.717, 1.165) is 10.2 Å². The molecule has 3 N–H and O–H groups in total. The molecule has 1 rings (SSSR count). The van der Waals surface area contributed by atoms with E-state index in [9.17, 15) is 4.79 Å². The Morgan fingerprint density at radius 2 is 2.38 bits per heavy atom. The van der Waals surface area contributed by atoms with Crippen molar-refractivity contribution in [2.45, 2.75) is 6.54 Å². The highest BCUT2D eigenvalue weighted by Gasteiger charge is 1.95. The van der Waals surface area contributed by atoms with Gasteiger partial charge in [0.2, 0.25) is 5.91 Å². The molecule has 1 amide bonds. The van der Waals surface area contributed by atoms with Crippen LogP contribution in [0.5, 0.6) is 0 Å². The Morgan fingerprint density at radius 1 is 1.56 bits per heavy atom. The Kier molecular flexibility index (Phi) is 5.99. The molecule has 0 aromatic carbocycles. The van der Waals surface area contributed by atoms with Gasteiger partial charge in [0, 0.05) is 23.8 Å². The second-order valence-corrected chi connectivity index (χ2v) is 4.08. The van der Waals surface area contributed by atoms with Crippen LogP contribution in [0.25, 0.3) is 0 Å². The number of rotatable bonds is 7. The van der Waals surface area contributed by atoms with E-state index in [1.54, 1.807) is 6.20 Å². The van der Waals surface area contributed by atoms with Gasteiger partial charge >= 0.3 is 0 Å². The zero-order valence-corrected chi connectivity index (χ0v) is 10.4. The van der Waals surface area contributed by atoms with Gasteiger partial charge in [-0.1, -0.05) is 0 Å². The molecular formula is C10H14BrN3O2. The first kappa shape index (κ1) is 13.1. The third-order valence-electron chi connectivity index (χ3n) is 1.76. The van der Waals surface area contributed by atoms with Crippen molar-refractivity contribution < 1.29 is 9.53 Å². The minimum atomic E-state index is -0.449. The van der Waals surface area contributed by atoms with Crippen molar-refractivity contribution in [3.8, 4) is 0 Å². The van der Waals surface area contributed by atoms with Crippen molar-refractivity contribution in [2.75, 3.05) is 19.8 Å². The maximum atomic E-state index is 10.3. The molecule has 0 saturated carbocycles. The van der Waals surface area contributed by atoms with Gasteiger partial charge < -0.3 is 15.8 Å². The van der Waals surface area contributed by atoms with E-state index in [1.807, 2.05) is 12.1 Å². The number of halogens is 1. The Hall–Kier alpha value is -0.980. The summed E-state index contributed by atoms with van der Waals surface area (Å²) < 4.78 is 5.95. The number of hydrogen-bond donors (Lipinski definition) is 2. The number of primary amides is 1. The molecule has 1 heterocycles. The molecule has 6 heteroatoms. The summed E-state index contributed by atoms with van der Waals surface area (Å²) in [7, 11) is 0. The average molecular weight is 288 g/mol. The zero-order chi connectivity index (χ0) is 11.8. The standard InChI is InChI=1S/C10H14BrN3O2/c11-8-1-2-9(14-5-8)6-13-3-4-16-7-10(12)15/h1-2,5,13H,3-4,6-7H2,(H2,12,15). The number of ether oxygens (including phenoxy) is 1. The van der Waals surface area contributed by atoms with Crippen LogP contribution in [-0.4, -0.2) is 30.6 Å². The maximum Gasteiger partial charge on any atom is 0.243 e. The molecular weight excluding hydrogens is 274 g/mol. The zero-order valence-electron chi connectivity index (χ0n) is 8.78. The predicted molar refractivity (Wildman–Crippen MR) is 63.7 cm³/mol. The van der Waals surface area contributed by atoms with Crippen molar-refractivity contribution in [1.29, 1.82) is 0 Å².